The third-order valence-electron chi connectivity index (χ3n) is 4.93. The van der Waals surface area contributed by atoms with Gasteiger partial charge in [0.25, 0.3) is 0 Å². The molecule has 0 radical (unpaired) electrons. The Balaban J connectivity index is 0.00000243. The summed E-state index contributed by atoms with van der Waals surface area (Å²) in [6.45, 7) is 8.92. The van der Waals surface area contributed by atoms with Crippen molar-refractivity contribution in [2.24, 2.45) is 4.99 Å². The van der Waals surface area contributed by atoms with E-state index in [1.807, 2.05) is 18.5 Å². The molecule has 26 heavy (non-hydrogen) atoms. The largest absolute Gasteiger partial charge is 0.357 e. The summed E-state index contributed by atoms with van der Waals surface area (Å²) in [5.74, 6) is 1.82. The number of rotatable bonds is 6. The summed E-state index contributed by atoms with van der Waals surface area (Å²) in [6.07, 6.45) is 8.84. The Morgan fingerprint density at radius 2 is 1.85 bits per heavy atom. The molecule has 0 unspecified atom stereocenters. The lowest BCUT2D eigenvalue weighted by Crippen LogP contribution is -2.48. The number of hydrogen-bond acceptors (Lipinski definition) is 5. The van der Waals surface area contributed by atoms with Crippen LogP contribution in [0.1, 0.15) is 32.6 Å². The van der Waals surface area contributed by atoms with Gasteiger partial charge in [0.15, 0.2) is 5.96 Å². The molecule has 2 fully saturated rings. The first-order valence-corrected chi connectivity index (χ1v) is 9.64. The van der Waals surface area contributed by atoms with Crippen LogP contribution < -0.4 is 15.5 Å². The Hall–Kier alpha value is -1.16. The van der Waals surface area contributed by atoms with E-state index in [4.69, 9.17) is 4.99 Å². The molecule has 1 saturated heterocycles. The summed E-state index contributed by atoms with van der Waals surface area (Å²) in [7, 11) is 0. The minimum Gasteiger partial charge on any atom is -0.357 e. The second kappa shape index (κ2) is 11.5. The molecule has 1 aliphatic carbocycles. The van der Waals surface area contributed by atoms with Gasteiger partial charge in [0.2, 0.25) is 5.95 Å². The fraction of sp³-hybridized carbons (Fsp3) is 0.722. The normalized spacial score (nSPS) is 19.3. The molecule has 2 N–H and O–H groups in total. The highest BCUT2D eigenvalue weighted by Gasteiger charge is 2.19. The molecule has 1 saturated carbocycles. The number of anilines is 1. The maximum Gasteiger partial charge on any atom is 0.225 e. The standard InChI is InChI=1S/C18H31N7.HI/c1-2-19-17(23-16-6-3-4-7-16)20-10-11-24-12-14-25(15-13-24)18-21-8-5-9-22-18;/h5,8-9,16H,2-4,6-7,10-15H2,1H3,(H2,19,20,23);1H. The first kappa shape index (κ1) is 21.1. The van der Waals surface area contributed by atoms with Gasteiger partial charge < -0.3 is 15.5 Å². The van der Waals surface area contributed by atoms with E-state index in [-0.39, 0.29) is 24.0 Å². The SMILES string of the molecule is CCNC(=NCCN1CCN(c2ncccn2)CC1)NC1CCCC1.I. The van der Waals surface area contributed by atoms with Crippen LogP contribution in [-0.4, -0.2) is 72.7 Å². The maximum atomic E-state index is 4.76. The van der Waals surface area contributed by atoms with Gasteiger partial charge in [-0.15, -0.1) is 24.0 Å². The van der Waals surface area contributed by atoms with Crippen molar-refractivity contribution in [2.45, 2.75) is 38.6 Å². The van der Waals surface area contributed by atoms with Crippen LogP contribution in [-0.2, 0) is 0 Å². The minimum absolute atomic E-state index is 0. The zero-order valence-corrected chi connectivity index (χ0v) is 18.1. The average molecular weight is 473 g/mol. The van der Waals surface area contributed by atoms with Crippen molar-refractivity contribution in [3.8, 4) is 0 Å². The Kier molecular flexibility index (Phi) is 9.38. The van der Waals surface area contributed by atoms with Gasteiger partial charge in [-0.3, -0.25) is 9.89 Å². The zero-order chi connectivity index (χ0) is 17.3. The average Bonchev–Trinajstić information content (AvgIpc) is 3.16. The van der Waals surface area contributed by atoms with Crippen molar-refractivity contribution in [3.05, 3.63) is 18.5 Å². The molecule has 1 aromatic rings. The van der Waals surface area contributed by atoms with Crippen LogP contribution in [0.2, 0.25) is 0 Å². The lowest BCUT2D eigenvalue weighted by Gasteiger charge is -2.34. The van der Waals surface area contributed by atoms with Gasteiger partial charge in [0, 0.05) is 57.7 Å². The molecule has 1 aliphatic heterocycles. The molecule has 1 aromatic heterocycles. The van der Waals surface area contributed by atoms with Crippen molar-refractivity contribution >= 4 is 35.9 Å². The van der Waals surface area contributed by atoms with Gasteiger partial charge in [-0.25, -0.2) is 9.97 Å². The lowest BCUT2D eigenvalue weighted by molar-refractivity contribution is 0.263. The highest BCUT2D eigenvalue weighted by atomic mass is 127. The van der Waals surface area contributed by atoms with Crippen molar-refractivity contribution in [3.63, 3.8) is 0 Å². The monoisotopic (exact) mass is 473 g/mol. The smallest absolute Gasteiger partial charge is 0.225 e. The van der Waals surface area contributed by atoms with Crippen molar-refractivity contribution in [1.82, 2.24) is 25.5 Å². The van der Waals surface area contributed by atoms with Gasteiger partial charge in [-0.1, -0.05) is 12.8 Å². The Morgan fingerprint density at radius 1 is 1.15 bits per heavy atom. The van der Waals surface area contributed by atoms with E-state index in [9.17, 15) is 0 Å². The van der Waals surface area contributed by atoms with E-state index in [2.05, 4.69) is 37.3 Å². The zero-order valence-electron chi connectivity index (χ0n) is 15.7. The summed E-state index contributed by atoms with van der Waals surface area (Å²) >= 11 is 0. The van der Waals surface area contributed by atoms with E-state index in [1.165, 1.54) is 25.7 Å². The highest BCUT2D eigenvalue weighted by Crippen LogP contribution is 2.17. The number of halogens is 1. The molecule has 2 heterocycles. The van der Waals surface area contributed by atoms with Crippen LogP contribution in [0.15, 0.2) is 23.5 Å². The highest BCUT2D eigenvalue weighted by molar-refractivity contribution is 14.0. The Labute approximate surface area is 174 Å². The number of aliphatic imine (C=N–C) groups is 1. The summed E-state index contributed by atoms with van der Waals surface area (Å²) in [5, 5.41) is 6.95. The minimum atomic E-state index is 0. The predicted molar refractivity (Wildman–Crippen MR) is 117 cm³/mol. The van der Waals surface area contributed by atoms with E-state index in [1.54, 1.807) is 0 Å². The molecule has 0 atom stereocenters. The van der Waals surface area contributed by atoms with Crippen LogP contribution in [0.4, 0.5) is 5.95 Å². The Morgan fingerprint density at radius 3 is 2.50 bits per heavy atom. The predicted octanol–water partition coefficient (Wildman–Crippen LogP) is 1.71. The first-order chi connectivity index (χ1) is 12.3. The lowest BCUT2D eigenvalue weighted by atomic mass is 10.2. The number of nitrogens with zero attached hydrogens (tertiary/aromatic N) is 5. The van der Waals surface area contributed by atoms with Crippen LogP contribution in [0.3, 0.4) is 0 Å². The molecule has 0 amide bonds. The summed E-state index contributed by atoms with van der Waals surface area (Å²) in [5.41, 5.74) is 0. The number of aromatic nitrogens is 2. The summed E-state index contributed by atoms with van der Waals surface area (Å²) in [6, 6.07) is 2.46. The summed E-state index contributed by atoms with van der Waals surface area (Å²) in [4.78, 5) is 18.2. The Bertz CT molecular complexity index is 526. The van der Waals surface area contributed by atoms with Gasteiger partial charge in [0.05, 0.1) is 6.54 Å². The van der Waals surface area contributed by atoms with Gasteiger partial charge in [0.1, 0.15) is 0 Å². The number of piperazine rings is 1. The fourth-order valence-corrected chi connectivity index (χ4v) is 3.51. The molecule has 0 spiro atoms. The fourth-order valence-electron chi connectivity index (χ4n) is 3.51. The van der Waals surface area contributed by atoms with Crippen molar-refractivity contribution in [1.29, 1.82) is 0 Å². The van der Waals surface area contributed by atoms with E-state index in [0.717, 1.165) is 57.7 Å². The number of hydrogen-bond donors (Lipinski definition) is 2. The number of guanidine groups is 1. The molecule has 7 nitrogen and oxygen atoms in total. The van der Waals surface area contributed by atoms with Crippen LogP contribution in [0.25, 0.3) is 0 Å². The quantitative estimate of drug-likeness (QED) is 0.373. The summed E-state index contributed by atoms with van der Waals surface area (Å²) < 4.78 is 0. The molecule has 2 aliphatic rings. The molecular weight excluding hydrogens is 441 g/mol. The van der Waals surface area contributed by atoms with Crippen LogP contribution in [0, 0.1) is 0 Å². The van der Waals surface area contributed by atoms with E-state index < -0.39 is 0 Å². The molecule has 146 valence electrons. The van der Waals surface area contributed by atoms with Gasteiger partial charge in [-0.2, -0.15) is 0 Å². The van der Waals surface area contributed by atoms with Crippen LogP contribution in [0.5, 0.6) is 0 Å². The van der Waals surface area contributed by atoms with Gasteiger partial charge in [-0.05, 0) is 25.8 Å². The van der Waals surface area contributed by atoms with E-state index in [0.29, 0.717) is 6.04 Å². The first-order valence-electron chi connectivity index (χ1n) is 9.64. The second-order valence-electron chi connectivity index (χ2n) is 6.76. The number of nitrogens with one attached hydrogen (secondary N) is 2. The van der Waals surface area contributed by atoms with Crippen molar-refractivity contribution in [2.75, 3.05) is 50.7 Å². The third-order valence-corrected chi connectivity index (χ3v) is 4.93. The third kappa shape index (κ3) is 6.53. The second-order valence-corrected chi connectivity index (χ2v) is 6.76. The van der Waals surface area contributed by atoms with Gasteiger partial charge >= 0.3 is 0 Å². The van der Waals surface area contributed by atoms with Crippen molar-refractivity contribution < 1.29 is 0 Å². The molecule has 0 aromatic carbocycles. The molecule has 8 heteroatoms. The molecule has 0 bridgehead atoms. The van der Waals surface area contributed by atoms with Crippen LogP contribution >= 0.6 is 24.0 Å². The van der Waals surface area contributed by atoms with E-state index >= 15 is 0 Å². The molecule has 3 rings (SSSR count). The maximum absolute atomic E-state index is 4.76. The molecular formula is C18H32IN7. The topological polar surface area (TPSA) is 68.7 Å².